The minimum Gasteiger partial charge on any atom is -0.450 e. The fourth-order valence-electron chi connectivity index (χ4n) is 2.87. The smallest absolute Gasteiger partial charge is 0.404 e. The lowest BCUT2D eigenvalue weighted by atomic mass is 9.75. The molecular weight excluding hydrogens is 272 g/mol. The Balaban J connectivity index is 0.000000511. The van der Waals surface area contributed by atoms with E-state index in [2.05, 4.69) is 34.6 Å². The summed E-state index contributed by atoms with van der Waals surface area (Å²) in [5, 5.41) is 0. The number of unbranched alkanes of at least 4 members (excludes halogenated alkanes) is 3. The largest absolute Gasteiger partial charge is 0.450 e. The second-order valence-electron chi connectivity index (χ2n) is 6.43. The van der Waals surface area contributed by atoms with Crippen LogP contribution in [-0.4, -0.2) is 11.5 Å². The number of carbonyl (C=O) groups excluding carboxylic acids is 1. The SMILES string of the molecule is CC1CCC(C(C)C)C(OC(=O)Cl)C1.CCCCCC. The van der Waals surface area contributed by atoms with Gasteiger partial charge in [-0.25, -0.2) is 4.79 Å². The molecule has 3 heteroatoms. The molecule has 1 rings (SSSR count). The predicted octanol–water partition coefficient (Wildman–Crippen LogP) is 6.41. The van der Waals surface area contributed by atoms with Crippen LogP contribution in [0.3, 0.4) is 0 Å². The second kappa shape index (κ2) is 11.4. The standard InChI is InChI=1S/C11H19ClO2.C6H14/c1-7(2)9-5-4-8(3)6-10(9)14-11(12)13;1-3-5-6-4-2/h7-10H,4-6H2,1-3H3;3-6H2,1-2H3. The quantitative estimate of drug-likeness (QED) is 0.433. The van der Waals surface area contributed by atoms with Gasteiger partial charge in [0.1, 0.15) is 6.10 Å². The van der Waals surface area contributed by atoms with Crippen LogP contribution < -0.4 is 0 Å². The monoisotopic (exact) mass is 304 g/mol. The zero-order valence-electron chi connectivity index (χ0n) is 14.0. The van der Waals surface area contributed by atoms with Crippen molar-refractivity contribution >= 4 is 17.0 Å². The summed E-state index contributed by atoms with van der Waals surface area (Å²) in [5.74, 6) is 1.68. The van der Waals surface area contributed by atoms with Gasteiger partial charge >= 0.3 is 5.43 Å². The van der Waals surface area contributed by atoms with Crippen LogP contribution in [0, 0.1) is 17.8 Å². The molecule has 1 saturated carbocycles. The molecule has 1 fully saturated rings. The molecule has 1 aliphatic carbocycles. The topological polar surface area (TPSA) is 26.3 Å². The van der Waals surface area contributed by atoms with Crippen LogP contribution in [0.15, 0.2) is 0 Å². The Morgan fingerprint density at radius 2 is 1.75 bits per heavy atom. The summed E-state index contributed by atoms with van der Waals surface area (Å²) in [5.41, 5.74) is -0.658. The summed E-state index contributed by atoms with van der Waals surface area (Å²) >= 11 is 5.27. The number of rotatable bonds is 5. The lowest BCUT2D eigenvalue weighted by Gasteiger charge is -2.36. The number of halogens is 1. The number of ether oxygens (including phenoxy) is 1. The molecule has 0 N–H and O–H groups in total. The first kappa shape index (κ1) is 19.8. The molecule has 20 heavy (non-hydrogen) atoms. The molecule has 0 heterocycles. The Morgan fingerprint density at radius 3 is 2.15 bits per heavy atom. The second-order valence-corrected chi connectivity index (χ2v) is 6.74. The highest BCUT2D eigenvalue weighted by molar-refractivity contribution is 6.61. The summed E-state index contributed by atoms with van der Waals surface area (Å²) in [4.78, 5) is 10.7. The molecule has 0 aliphatic heterocycles. The van der Waals surface area contributed by atoms with Crippen molar-refractivity contribution < 1.29 is 9.53 Å². The molecule has 1 aliphatic rings. The van der Waals surface area contributed by atoms with E-state index in [1.807, 2.05) is 0 Å². The molecule has 2 nitrogen and oxygen atoms in total. The van der Waals surface area contributed by atoms with Crippen LogP contribution in [0.1, 0.15) is 79.6 Å². The Labute approximate surface area is 130 Å². The molecule has 0 radical (unpaired) electrons. The summed E-state index contributed by atoms with van der Waals surface area (Å²) in [7, 11) is 0. The van der Waals surface area contributed by atoms with Crippen LogP contribution in [-0.2, 0) is 4.74 Å². The van der Waals surface area contributed by atoms with Gasteiger partial charge in [-0.2, -0.15) is 0 Å². The van der Waals surface area contributed by atoms with Crippen LogP contribution in [0.2, 0.25) is 0 Å². The summed E-state index contributed by atoms with van der Waals surface area (Å²) in [6.07, 6.45) is 8.91. The van der Waals surface area contributed by atoms with Gasteiger partial charge in [0, 0.05) is 11.6 Å². The van der Waals surface area contributed by atoms with Crippen molar-refractivity contribution in [2.45, 2.75) is 85.7 Å². The van der Waals surface area contributed by atoms with E-state index in [0.29, 0.717) is 17.8 Å². The molecule has 0 saturated heterocycles. The fraction of sp³-hybridized carbons (Fsp3) is 0.941. The van der Waals surface area contributed by atoms with Crippen molar-refractivity contribution in [1.82, 2.24) is 0 Å². The van der Waals surface area contributed by atoms with Crippen molar-refractivity contribution in [3.05, 3.63) is 0 Å². The van der Waals surface area contributed by atoms with E-state index < -0.39 is 5.43 Å². The Kier molecular flexibility index (Phi) is 11.3. The highest BCUT2D eigenvalue weighted by atomic mass is 35.5. The molecule has 0 amide bonds. The van der Waals surface area contributed by atoms with Gasteiger partial charge in [-0.05, 0) is 30.6 Å². The van der Waals surface area contributed by atoms with E-state index in [1.54, 1.807) is 0 Å². The minimum absolute atomic E-state index is 0.0312. The molecule has 3 unspecified atom stereocenters. The third kappa shape index (κ3) is 8.84. The van der Waals surface area contributed by atoms with Crippen molar-refractivity contribution in [2.75, 3.05) is 0 Å². The third-order valence-electron chi connectivity index (χ3n) is 4.16. The fourth-order valence-corrected chi connectivity index (χ4v) is 2.98. The summed E-state index contributed by atoms with van der Waals surface area (Å²) in [6.45, 7) is 11.0. The van der Waals surface area contributed by atoms with Crippen molar-refractivity contribution in [3.63, 3.8) is 0 Å². The molecule has 0 aromatic carbocycles. The molecule has 0 spiro atoms. The predicted molar refractivity (Wildman–Crippen MR) is 87.3 cm³/mol. The average molecular weight is 305 g/mol. The van der Waals surface area contributed by atoms with Crippen molar-refractivity contribution in [2.24, 2.45) is 17.8 Å². The molecule has 0 bridgehead atoms. The van der Waals surface area contributed by atoms with Crippen molar-refractivity contribution in [1.29, 1.82) is 0 Å². The Bertz CT molecular complexity index is 249. The highest BCUT2D eigenvalue weighted by Gasteiger charge is 2.32. The third-order valence-corrected chi connectivity index (χ3v) is 4.25. The first-order valence-electron chi connectivity index (χ1n) is 8.28. The van der Waals surface area contributed by atoms with Gasteiger partial charge in [0.15, 0.2) is 0 Å². The molecular formula is C17H33ClO2. The maximum Gasteiger partial charge on any atom is 0.404 e. The zero-order valence-corrected chi connectivity index (χ0v) is 14.7. The van der Waals surface area contributed by atoms with Gasteiger partial charge in [0.25, 0.3) is 0 Å². The highest BCUT2D eigenvalue weighted by Crippen LogP contribution is 2.35. The maximum absolute atomic E-state index is 10.7. The number of carbonyl (C=O) groups is 1. The van der Waals surface area contributed by atoms with Gasteiger partial charge in [0.2, 0.25) is 0 Å². The van der Waals surface area contributed by atoms with E-state index in [-0.39, 0.29) is 6.10 Å². The van der Waals surface area contributed by atoms with E-state index in [1.165, 1.54) is 32.1 Å². The Morgan fingerprint density at radius 1 is 1.20 bits per heavy atom. The van der Waals surface area contributed by atoms with E-state index >= 15 is 0 Å². The summed E-state index contributed by atoms with van der Waals surface area (Å²) < 4.78 is 5.16. The van der Waals surface area contributed by atoms with Crippen LogP contribution in [0.25, 0.3) is 0 Å². The molecule has 120 valence electrons. The summed E-state index contributed by atoms with van der Waals surface area (Å²) in [6, 6.07) is 0. The van der Waals surface area contributed by atoms with E-state index in [4.69, 9.17) is 16.3 Å². The van der Waals surface area contributed by atoms with Crippen LogP contribution in [0.5, 0.6) is 0 Å². The number of hydrogen-bond donors (Lipinski definition) is 0. The first-order valence-corrected chi connectivity index (χ1v) is 8.66. The Hall–Kier alpha value is -0.240. The molecule has 3 atom stereocenters. The van der Waals surface area contributed by atoms with Gasteiger partial charge < -0.3 is 4.74 Å². The lowest BCUT2D eigenvalue weighted by molar-refractivity contribution is 0.0179. The van der Waals surface area contributed by atoms with Gasteiger partial charge in [-0.15, -0.1) is 0 Å². The van der Waals surface area contributed by atoms with Crippen LogP contribution >= 0.6 is 11.6 Å². The number of hydrogen-bond acceptors (Lipinski definition) is 2. The maximum atomic E-state index is 10.7. The van der Waals surface area contributed by atoms with Gasteiger partial charge in [0.05, 0.1) is 0 Å². The normalized spacial score (nSPS) is 25.9. The van der Waals surface area contributed by atoms with Gasteiger partial charge in [-0.1, -0.05) is 66.7 Å². The van der Waals surface area contributed by atoms with E-state index in [0.717, 1.165) is 12.8 Å². The minimum atomic E-state index is -0.658. The molecule has 0 aromatic rings. The molecule has 0 aromatic heterocycles. The van der Waals surface area contributed by atoms with Gasteiger partial charge in [-0.3, -0.25) is 0 Å². The average Bonchev–Trinajstić information content (AvgIpc) is 2.36. The van der Waals surface area contributed by atoms with E-state index in [9.17, 15) is 4.79 Å². The zero-order chi connectivity index (χ0) is 15.5. The first-order chi connectivity index (χ1) is 9.42. The lowest BCUT2D eigenvalue weighted by Crippen LogP contribution is -2.34. The van der Waals surface area contributed by atoms with Crippen LogP contribution in [0.4, 0.5) is 4.79 Å². The van der Waals surface area contributed by atoms with Crippen molar-refractivity contribution in [3.8, 4) is 0 Å².